The SMILES string of the molecule is C[C@@H](CC(=O)N1CCC(C)(C(=O)O)C1)NC(=O)OCC1c2ccccc2-c2ccccc21. The molecule has 0 radical (unpaired) electrons. The molecule has 168 valence electrons. The Morgan fingerprint density at radius 3 is 2.28 bits per heavy atom. The fourth-order valence-electron chi connectivity index (χ4n) is 4.63. The van der Waals surface area contributed by atoms with E-state index in [0.717, 1.165) is 22.3 Å². The maximum absolute atomic E-state index is 12.5. The number of hydrogen-bond donors (Lipinski definition) is 2. The summed E-state index contributed by atoms with van der Waals surface area (Å²) in [5, 5.41) is 12.1. The number of amides is 2. The Bertz CT molecular complexity index is 1010. The van der Waals surface area contributed by atoms with Crippen LogP contribution in [0.2, 0.25) is 0 Å². The van der Waals surface area contributed by atoms with Crippen LogP contribution in [0, 0.1) is 5.41 Å². The highest BCUT2D eigenvalue weighted by Gasteiger charge is 2.42. The number of carboxylic acids is 1. The van der Waals surface area contributed by atoms with Gasteiger partial charge in [-0.05, 0) is 42.5 Å². The van der Waals surface area contributed by atoms with Crippen LogP contribution >= 0.6 is 0 Å². The number of rotatable bonds is 6. The number of carbonyl (C=O) groups is 3. The van der Waals surface area contributed by atoms with Crippen LogP contribution in [0.25, 0.3) is 11.1 Å². The number of nitrogens with zero attached hydrogens (tertiary/aromatic N) is 1. The van der Waals surface area contributed by atoms with Crippen LogP contribution in [0.1, 0.15) is 43.7 Å². The largest absolute Gasteiger partial charge is 0.481 e. The zero-order chi connectivity index (χ0) is 22.9. The predicted octanol–water partition coefficient (Wildman–Crippen LogP) is 3.63. The molecule has 1 heterocycles. The van der Waals surface area contributed by atoms with Gasteiger partial charge in [0.1, 0.15) is 6.61 Å². The van der Waals surface area contributed by atoms with Gasteiger partial charge in [0.15, 0.2) is 0 Å². The normalized spacial score (nSPS) is 20.4. The molecule has 7 nitrogen and oxygen atoms in total. The van der Waals surface area contributed by atoms with Crippen LogP contribution in [0.4, 0.5) is 4.79 Å². The summed E-state index contributed by atoms with van der Waals surface area (Å²) >= 11 is 0. The third kappa shape index (κ3) is 4.20. The van der Waals surface area contributed by atoms with Gasteiger partial charge < -0.3 is 20.1 Å². The standard InChI is InChI=1S/C25H28N2O5/c1-16(13-22(28)27-12-11-25(2,15-27)23(29)30)26-24(31)32-14-21-19-9-5-3-7-17(19)18-8-4-6-10-20(18)21/h3-10,16,21H,11-15H2,1-2H3,(H,26,31)(H,29,30)/t16-,25?/m0/s1. The summed E-state index contributed by atoms with van der Waals surface area (Å²) in [6.07, 6.45) is -0.0359. The Balaban J connectivity index is 1.30. The highest BCUT2D eigenvalue weighted by molar-refractivity contribution is 5.81. The molecule has 2 atom stereocenters. The van der Waals surface area contributed by atoms with Gasteiger partial charge in [0.05, 0.1) is 5.41 Å². The Kier molecular flexibility index (Phi) is 5.91. The van der Waals surface area contributed by atoms with Crippen molar-refractivity contribution in [1.82, 2.24) is 10.2 Å². The number of ether oxygens (including phenoxy) is 1. The van der Waals surface area contributed by atoms with E-state index >= 15 is 0 Å². The fourth-order valence-corrected chi connectivity index (χ4v) is 4.63. The summed E-state index contributed by atoms with van der Waals surface area (Å²) in [5.41, 5.74) is 3.70. The Labute approximate surface area is 187 Å². The van der Waals surface area contributed by atoms with E-state index in [1.807, 2.05) is 24.3 Å². The van der Waals surface area contributed by atoms with Gasteiger partial charge in [-0.3, -0.25) is 9.59 Å². The molecule has 1 aliphatic carbocycles. The minimum absolute atomic E-state index is 0.0246. The van der Waals surface area contributed by atoms with E-state index in [9.17, 15) is 19.5 Å². The molecule has 2 amide bonds. The van der Waals surface area contributed by atoms with Crippen molar-refractivity contribution in [2.75, 3.05) is 19.7 Å². The molecule has 2 aromatic carbocycles. The molecule has 0 spiro atoms. The van der Waals surface area contributed by atoms with Crippen LogP contribution in [-0.2, 0) is 14.3 Å². The van der Waals surface area contributed by atoms with Crippen molar-refractivity contribution in [2.24, 2.45) is 5.41 Å². The van der Waals surface area contributed by atoms with Crippen molar-refractivity contribution in [3.63, 3.8) is 0 Å². The lowest BCUT2D eigenvalue weighted by Gasteiger charge is -2.22. The van der Waals surface area contributed by atoms with Crippen LogP contribution < -0.4 is 5.32 Å². The first-order valence-electron chi connectivity index (χ1n) is 10.9. The second-order valence-electron chi connectivity index (χ2n) is 9.01. The quantitative estimate of drug-likeness (QED) is 0.721. The molecular formula is C25H28N2O5. The minimum Gasteiger partial charge on any atom is -0.481 e. The van der Waals surface area contributed by atoms with E-state index in [2.05, 4.69) is 29.6 Å². The van der Waals surface area contributed by atoms with Gasteiger partial charge in [-0.15, -0.1) is 0 Å². The number of aliphatic carboxylic acids is 1. The highest BCUT2D eigenvalue weighted by atomic mass is 16.5. The average Bonchev–Trinajstić information content (AvgIpc) is 3.32. The summed E-state index contributed by atoms with van der Waals surface area (Å²) in [7, 11) is 0. The topological polar surface area (TPSA) is 95.9 Å². The monoisotopic (exact) mass is 436 g/mol. The number of alkyl carbamates (subject to hydrolysis) is 1. The molecule has 2 aromatic rings. The lowest BCUT2D eigenvalue weighted by Crippen LogP contribution is -2.40. The zero-order valence-corrected chi connectivity index (χ0v) is 18.3. The smallest absolute Gasteiger partial charge is 0.407 e. The molecule has 2 N–H and O–H groups in total. The number of carboxylic acid groups (broad SMARTS) is 1. The molecule has 32 heavy (non-hydrogen) atoms. The first-order valence-corrected chi connectivity index (χ1v) is 10.9. The van der Waals surface area contributed by atoms with Gasteiger partial charge >= 0.3 is 12.1 Å². The van der Waals surface area contributed by atoms with E-state index in [1.54, 1.807) is 18.7 Å². The number of nitrogens with one attached hydrogen (secondary N) is 1. The van der Waals surface area contributed by atoms with Crippen molar-refractivity contribution in [3.8, 4) is 11.1 Å². The van der Waals surface area contributed by atoms with Gasteiger partial charge in [0.25, 0.3) is 0 Å². The highest BCUT2D eigenvalue weighted by Crippen LogP contribution is 2.44. The van der Waals surface area contributed by atoms with Crippen molar-refractivity contribution in [1.29, 1.82) is 0 Å². The molecule has 2 aliphatic rings. The van der Waals surface area contributed by atoms with E-state index < -0.39 is 23.5 Å². The van der Waals surface area contributed by atoms with Crippen molar-refractivity contribution in [2.45, 2.75) is 38.6 Å². The third-order valence-corrected chi connectivity index (χ3v) is 6.53. The van der Waals surface area contributed by atoms with Crippen LogP contribution in [0.3, 0.4) is 0 Å². The maximum atomic E-state index is 12.5. The zero-order valence-electron chi connectivity index (χ0n) is 18.3. The van der Waals surface area contributed by atoms with Crippen LogP contribution in [0.5, 0.6) is 0 Å². The molecule has 1 aliphatic heterocycles. The van der Waals surface area contributed by atoms with E-state index in [0.29, 0.717) is 13.0 Å². The third-order valence-electron chi connectivity index (χ3n) is 6.53. The van der Waals surface area contributed by atoms with Crippen molar-refractivity contribution >= 4 is 18.0 Å². The Morgan fingerprint density at radius 1 is 1.12 bits per heavy atom. The van der Waals surface area contributed by atoms with Gasteiger partial charge in [-0.2, -0.15) is 0 Å². The van der Waals surface area contributed by atoms with Crippen molar-refractivity contribution in [3.05, 3.63) is 59.7 Å². The number of carbonyl (C=O) groups excluding carboxylic acids is 2. The first-order chi connectivity index (χ1) is 15.3. The minimum atomic E-state index is -0.904. The maximum Gasteiger partial charge on any atom is 0.407 e. The lowest BCUT2D eigenvalue weighted by molar-refractivity contribution is -0.147. The number of fused-ring (bicyclic) bond motifs is 3. The van der Waals surface area contributed by atoms with Crippen LogP contribution in [-0.4, -0.2) is 53.7 Å². The Hall–Kier alpha value is -3.35. The van der Waals surface area contributed by atoms with Gasteiger partial charge in [-0.1, -0.05) is 48.5 Å². The molecular weight excluding hydrogens is 408 g/mol. The second kappa shape index (κ2) is 8.65. The van der Waals surface area contributed by atoms with E-state index in [1.165, 1.54) is 0 Å². The Morgan fingerprint density at radius 2 is 1.72 bits per heavy atom. The number of likely N-dealkylation sites (tertiary alicyclic amines) is 1. The van der Waals surface area contributed by atoms with Crippen LogP contribution in [0.15, 0.2) is 48.5 Å². The van der Waals surface area contributed by atoms with Crippen molar-refractivity contribution < 1.29 is 24.2 Å². The van der Waals surface area contributed by atoms with Gasteiger partial charge in [0, 0.05) is 31.5 Å². The van der Waals surface area contributed by atoms with E-state index in [-0.39, 0.29) is 31.4 Å². The summed E-state index contributed by atoms with van der Waals surface area (Å²) in [6.45, 7) is 4.22. The van der Waals surface area contributed by atoms with E-state index in [4.69, 9.17) is 4.74 Å². The second-order valence-corrected chi connectivity index (χ2v) is 9.01. The number of benzene rings is 2. The van der Waals surface area contributed by atoms with Gasteiger partial charge in [-0.25, -0.2) is 4.79 Å². The van der Waals surface area contributed by atoms with Gasteiger partial charge in [0.2, 0.25) is 5.91 Å². The summed E-state index contributed by atoms with van der Waals surface area (Å²) in [6, 6.07) is 15.8. The lowest BCUT2D eigenvalue weighted by atomic mass is 9.90. The first kappa shape index (κ1) is 21.9. The molecule has 0 bridgehead atoms. The summed E-state index contributed by atoms with van der Waals surface area (Å²) in [5.74, 6) is -1.08. The summed E-state index contributed by atoms with van der Waals surface area (Å²) in [4.78, 5) is 37.9. The molecule has 1 saturated heterocycles. The molecule has 0 saturated carbocycles. The fraction of sp³-hybridized carbons (Fsp3) is 0.400. The summed E-state index contributed by atoms with van der Waals surface area (Å²) < 4.78 is 5.53. The molecule has 1 fully saturated rings. The number of hydrogen-bond acceptors (Lipinski definition) is 4. The molecule has 4 rings (SSSR count). The molecule has 1 unspecified atom stereocenters. The molecule has 0 aromatic heterocycles. The average molecular weight is 437 g/mol. The molecule has 7 heteroatoms. The predicted molar refractivity (Wildman–Crippen MR) is 119 cm³/mol.